The summed E-state index contributed by atoms with van der Waals surface area (Å²) in [7, 11) is 1.62. The Hall–Kier alpha value is -2.86. The Balaban J connectivity index is 1.69. The van der Waals surface area contributed by atoms with E-state index in [1.165, 1.54) is 11.3 Å². The molecule has 0 bridgehead atoms. The third-order valence-electron chi connectivity index (χ3n) is 4.39. The Morgan fingerprint density at radius 2 is 2.00 bits per heavy atom. The second kappa shape index (κ2) is 6.14. The zero-order valence-electron chi connectivity index (χ0n) is 15.0. The lowest BCUT2D eigenvalue weighted by Gasteiger charge is -1.98. The fourth-order valence-corrected chi connectivity index (χ4v) is 4.01. The van der Waals surface area contributed by atoms with Gasteiger partial charge in [-0.1, -0.05) is 17.4 Å². The maximum Gasteiger partial charge on any atom is 0.293 e. The van der Waals surface area contributed by atoms with Crippen LogP contribution < -0.4 is 10.1 Å². The highest BCUT2D eigenvalue weighted by Crippen LogP contribution is 2.32. The first-order chi connectivity index (χ1) is 12.5. The van der Waals surface area contributed by atoms with Crippen molar-refractivity contribution in [3.05, 3.63) is 52.8 Å². The van der Waals surface area contributed by atoms with Gasteiger partial charge < -0.3 is 9.15 Å². The van der Waals surface area contributed by atoms with Crippen LogP contribution in [0.2, 0.25) is 0 Å². The highest BCUT2D eigenvalue weighted by Gasteiger charge is 2.20. The molecule has 2 heterocycles. The summed E-state index contributed by atoms with van der Waals surface area (Å²) in [5.41, 5.74) is 4.58. The highest BCUT2D eigenvalue weighted by atomic mass is 32.1. The number of carbonyl (C=O) groups excluding carboxylic acids is 1. The number of rotatable bonds is 3. The fourth-order valence-electron chi connectivity index (χ4n) is 3.13. The van der Waals surface area contributed by atoms with Crippen LogP contribution in [0.5, 0.6) is 5.75 Å². The second-order valence-electron chi connectivity index (χ2n) is 6.32. The molecule has 132 valence electrons. The van der Waals surface area contributed by atoms with Crippen LogP contribution in [-0.4, -0.2) is 18.0 Å². The topological polar surface area (TPSA) is 64.4 Å². The average Bonchev–Trinajstić information content (AvgIpc) is 3.15. The molecule has 0 aliphatic heterocycles. The number of hydrogen-bond acceptors (Lipinski definition) is 5. The quantitative estimate of drug-likeness (QED) is 0.539. The molecule has 1 amide bonds. The molecule has 2 aromatic carbocycles. The van der Waals surface area contributed by atoms with Gasteiger partial charge in [0.1, 0.15) is 11.3 Å². The molecule has 0 radical (unpaired) electrons. The highest BCUT2D eigenvalue weighted by molar-refractivity contribution is 7.22. The van der Waals surface area contributed by atoms with E-state index >= 15 is 0 Å². The molecule has 0 fully saturated rings. The number of hydrogen-bond donors (Lipinski definition) is 1. The van der Waals surface area contributed by atoms with Crippen molar-refractivity contribution in [2.45, 2.75) is 20.8 Å². The molecule has 0 saturated carbocycles. The van der Waals surface area contributed by atoms with E-state index in [0.717, 1.165) is 43.6 Å². The van der Waals surface area contributed by atoms with Crippen LogP contribution in [0, 0.1) is 20.8 Å². The number of nitrogens with one attached hydrogen (secondary N) is 1. The van der Waals surface area contributed by atoms with Crippen molar-refractivity contribution >= 4 is 43.6 Å². The number of carbonyl (C=O) groups is 1. The second-order valence-corrected chi connectivity index (χ2v) is 7.35. The summed E-state index contributed by atoms with van der Waals surface area (Å²) >= 11 is 1.40. The van der Waals surface area contributed by atoms with Gasteiger partial charge in [-0.25, -0.2) is 4.98 Å². The largest absolute Gasteiger partial charge is 0.497 e. The number of aryl methyl sites for hydroxylation is 3. The summed E-state index contributed by atoms with van der Waals surface area (Å²) in [5, 5.41) is 4.36. The minimum atomic E-state index is -0.290. The first-order valence-electron chi connectivity index (χ1n) is 8.22. The zero-order valence-corrected chi connectivity index (χ0v) is 15.8. The normalized spacial score (nSPS) is 11.2. The van der Waals surface area contributed by atoms with Crippen LogP contribution in [-0.2, 0) is 0 Å². The van der Waals surface area contributed by atoms with Crippen molar-refractivity contribution in [1.82, 2.24) is 4.98 Å². The SMILES string of the molecule is COc1ccc2nc(NC(=O)c3oc4c(C)cc(C)cc4c3C)sc2c1. The summed E-state index contributed by atoms with van der Waals surface area (Å²) in [5.74, 6) is 0.797. The van der Waals surface area contributed by atoms with E-state index in [-0.39, 0.29) is 5.91 Å². The molecular weight excluding hydrogens is 348 g/mol. The lowest BCUT2D eigenvalue weighted by atomic mass is 10.1. The Kier molecular flexibility index (Phi) is 3.92. The van der Waals surface area contributed by atoms with Gasteiger partial charge >= 0.3 is 0 Å². The van der Waals surface area contributed by atoms with Crippen molar-refractivity contribution in [3.8, 4) is 5.75 Å². The third-order valence-corrected chi connectivity index (χ3v) is 5.32. The maximum atomic E-state index is 12.7. The smallest absolute Gasteiger partial charge is 0.293 e. The number of nitrogens with zero attached hydrogens (tertiary/aromatic N) is 1. The Bertz CT molecular complexity index is 1160. The van der Waals surface area contributed by atoms with E-state index in [1.54, 1.807) is 7.11 Å². The molecule has 0 aliphatic rings. The van der Waals surface area contributed by atoms with Gasteiger partial charge in [-0.2, -0.15) is 0 Å². The van der Waals surface area contributed by atoms with E-state index in [4.69, 9.17) is 9.15 Å². The lowest BCUT2D eigenvalue weighted by molar-refractivity contribution is 0.0998. The molecule has 0 atom stereocenters. The monoisotopic (exact) mass is 366 g/mol. The first kappa shape index (κ1) is 16.6. The number of furan rings is 1. The molecule has 26 heavy (non-hydrogen) atoms. The van der Waals surface area contributed by atoms with Crippen LogP contribution in [0.1, 0.15) is 27.2 Å². The van der Waals surface area contributed by atoms with Crippen molar-refractivity contribution < 1.29 is 13.9 Å². The summed E-state index contributed by atoms with van der Waals surface area (Å²) in [6.45, 7) is 5.93. The molecule has 0 spiro atoms. The molecule has 2 aromatic heterocycles. The lowest BCUT2D eigenvalue weighted by Crippen LogP contribution is -2.11. The molecule has 0 saturated heterocycles. The summed E-state index contributed by atoms with van der Waals surface area (Å²) < 4.78 is 12.1. The first-order valence-corrected chi connectivity index (χ1v) is 9.04. The van der Waals surface area contributed by atoms with E-state index < -0.39 is 0 Å². The van der Waals surface area contributed by atoms with Gasteiger partial charge in [0.15, 0.2) is 10.9 Å². The van der Waals surface area contributed by atoms with Crippen LogP contribution in [0.25, 0.3) is 21.2 Å². The van der Waals surface area contributed by atoms with Gasteiger partial charge in [0.05, 0.1) is 17.3 Å². The number of thiazole rings is 1. The number of aromatic nitrogens is 1. The fraction of sp³-hybridized carbons (Fsp3) is 0.200. The number of ether oxygens (including phenoxy) is 1. The molecule has 5 nitrogen and oxygen atoms in total. The Morgan fingerprint density at radius 3 is 2.77 bits per heavy atom. The molecule has 0 unspecified atom stereocenters. The van der Waals surface area contributed by atoms with Gasteiger partial charge in [-0.05, 0) is 56.2 Å². The number of amides is 1. The number of benzene rings is 2. The summed E-state index contributed by atoms with van der Waals surface area (Å²) in [6, 6.07) is 9.72. The van der Waals surface area contributed by atoms with Crippen LogP contribution in [0.3, 0.4) is 0 Å². The van der Waals surface area contributed by atoms with Crippen LogP contribution in [0.15, 0.2) is 34.7 Å². The van der Waals surface area contributed by atoms with Crippen molar-refractivity contribution in [2.75, 3.05) is 12.4 Å². The van der Waals surface area contributed by atoms with Gasteiger partial charge in [-0.15, -0.1) is 0 Å². The molecular formula is C20H18N2O3S. The molecule has 4 aromatic rings. The van der Waals surface area contributed by atoms with E-state index in [0.29, 0.717) is 10.9 Å². The van der Waals surface area contributed by atoms with Gasteiger partial charge in [0.25, 0.3) is 5.91 Å². The van der Waals surface area contributed by atoms with Crippen molar-refractivity contribution in [1.29, 1.82) is 0 Å². The van der Waals surface area contributed by atoms with E-state index in [2.05, 4.69) is 10.3 Å². The van der Waals surface area contributed by atoms with Crippen molar-refractivity contribution in [3.63, 3.8) is 0 Å². The minimum Gasteiger partial charge on any atom is -0.497 e. The van der Waals surface area contributed by atoms with Gasteiger partial charge in [-0.3, -0.25) is 10.1 Å². The predicted octanol–water partition coefficient (Wildman–Crippen LogP) is 5.23. The van der Waals surface area contributed by atoms with Gasteiger partial charge in [0, 0.05) is 10.9 Å². The Morgan fingerprint density at radius 1 is 1.19 bits per heavy atom. The zero-order chi connectivity index (χ0) is 18.4. The maximum absolute atomic E-state index is 12.7. The Labute approximate surface area is 154 Å². The number of fused-ring (bicyclic) bond motifs is 2. The number of anilines is 1. The van der Waals surface area contributed by atoms with Gasteiger partial charge in [0.2, 0.25) is 0 Å². The van der Waals surface area contributed by atoms with Crippen LogP contribution >= 0.6 is 11.3 Å². The molecule has 0 aliphatic carbocycles. The molecule has 6 heteroatoms. The van der Waals surface area contributed by atoms with E-state index in [1.807, 2.05) is 51.1 Å². The average molecular weight is 366 g/mol. The summed E-state index contributed by atoms with van der Waals surface area (Å²) in [4.78, 5) is 17.2. The standard InChI is InChI=1S/C20H18N2O3S/c1-10-7-11(2)17-14(8-10)12(3)18(25-17)19(23)22-20-21-15-6-5-13(24-4)9-16(15)26-20/h5-9H,1-4H3,(H,21,22,23). The minimum absolute atomic E-state index is 0.290. The third kappa shape index (κ3) is 2.72. The molecule has 1 N–H and O–H groups in total. The van der Waals surface area contributed by atoms with Crippen LogP contribution in [0.4, 0.5) is 5.13 Å². The van der Waals surface area contributed by atoms with Crippen molar-refractivity contribution in [2.24, 2.45) is 0 Å². The number of methoxy groups -OCH3 is 1. The van der Waals surface area contributed by atoms with E-state index in [9.17, 15) is 4.79 Å². The molecule has 4 rings (SSSR count). The predicted molar refractivity (Wildman–Crippen MR) is 105 cm³/mol. The summed E-state index contributed by atoms with van der Waals surface area (Å²) in [6.07, 6.45) is 0.